The molecule has 0 radical (unpaired) electrons. The van der Waals surface area contributed by atoms with Crippen LogP contribution < -0.4 is 4.74 Å². The van der Waals surface area contributed by atoms with E-state index in [2.05, 4.69) is 15.9 Å². The summed E-state index contributed by atoms with van der Waals surface area (Å²) in [6, 6.07) is 13.4. The summed E-state index contributed by atoms with van der Waals surface area (Å²) in [5.74, 6) is -0.138. The molecule has 21 heavy (non-hydrogen) atoms. The highest BCUT2D eigenvalue weighted by atomic mass is 79.9. The first-order valence-corrected chi connectivity index (χ1v) is 7.25. The van der Waals surface area contributed by atoms with Gasteiger partial charge in [-0.05, 0) is 36.4 Å². The topological polar surface area (TPSA) is 29.5 Å². The van der Waals surface area contributed by atoms with Crippen LogP contribution in [0.3, 0.4) is 0 Å². The molecule has 0 saturated heterocycles. The minimum absolute atomic E-state index is 0.0728. The molecule has 0 aliphatic rings. The van der Waals surface area contributed by atoms with Crippen molar-refractivity contribution in [3.8, 4) is 5.75 Å². The molecule has 0 aliphatic carbocycles. The SMILES string of the molecule is CN(CCOc1ccc(Br)cc1)C(=O)c1ccccc1F. The van der Waals surface area contributed by atoms with E-state index in [1.54, 1.807) is 19.2 Å². The van der Waals surface area contributed by atoms with E-state index in [-0.39, 0.29) is 11.5 Å². The Kier molecular flexibility index (Phi) is 5.33. The quantitative estimate of drug-likeness (QED) is 0.821. The van der Waals surface area contributed by atoms with Crippen LogP contribution in [0.1, 0.15) is 10.4 Å². The number of hydrogen-bond donors (Lipinski definition) is 0. The predicted molar refractivity (Wildman–Crippen MR) is 83.0 cm³/mol. The molecule has 0 heterocycles. The molecule has 2 rings (SSSR count). The van der Waals surface area contributed by atoms with Gasteiger partial charge in [0.1, 0.15) is 18.2 Å². The number of carbonyl (C=O) groups excluding carboxylic acids is 1. The summed E-state index contributed by atoms with van der Waals surface area (Å²) in [5, 5.41) is 0. The van der Waals surface area contributed by atoms with Gasteiger partial charge in [0.2, 0.25) is 0 Å². The van der Waals surface area contributed by atoms with E-state index in [1.807, 2.05) is 24.3 Å². The van der Waals surface area contributed by atoms with Crippen LogP contribution in [0.15, 0.2) is 53.0 Å². The number of nitrogens with zero attached hydrogens (tertiary/aromatic N) is 1. The fraction of sp³-hybridized carbons (Fsp3) is 0.188. The van der Waals surface area contributed by atoms with Gasteiger partial charge < -0.3 is 9.64 Å². The molecule has 1 amide bonds. The summed E-state index contributed by atoms with van der Waals surface area (Å²) in [7, 11) is 1.62. The number of halogens is 2. The number of rotatable bonds is 5. The molecule has 110 valence electrons. The molecule has 0 bridgehead atoms. The summed E-state index contributed by atoms with van der Waals surface area (Å²) < 4.78 is 20.1. The van der Waals surface area contributed by atoms with E-state index in [0.717, 1.165) is 10.2 Å². The summed E-state index contributed by atoms with van der Waals surface area (Å²) in [4.78, 5) is 13.5. The normalized spacial score (nSPS) is 10.2. The first-order valence-electron chi connectivity index (χ1n) is 6.46. The molecule has 0 unspecified atom stereocenters. The fourth-order valence-corrected chi connectivity index (χ4v) is 2.04. The van der Waals surface area contributed by atoms with Crippen LogP contribution in [0.2, 0.25) is 0 Å². The van der Waals surface area contributed by atoms with Gasteiger partial charge in [0.05, 0.1) is 12.1 Å². The van der Waals surface area contributed by atoms with Crippen molar-refractivity contribution in [3.05, 3.63) is 64.4 Å². The number of likely N-dealkylation sites (N-methyl/N-ethyl adjacent to an activating group) is 1. The van der Waals surface area contributed by atoms with Gasteiger partial charge in [-0.3, -0.25) is 4.79 Å². The Bertz CT molecular complexity index is 616. The summed E-state index contributed by atoms with van der Waals surface area (Å²) in [5.41, 5.74) is 0.0728. The minimum atomic E-state index is -0.511. The van der Waals surface area contributed by atoms with Crippen LogP contribution in [0.5, 0.6) is 5.75 Å². The van der Waals surface area contributed by atoms with Crippen LogP contribution >= 0.6 is 15.9 Å². The van der Waals surface area contributed by atoms with Crippen molar-refractivity contribution >= 4 is 21.8 Å². The van der Waals surface area contributed by atoms with Gasteiger partial charge >= 0.3 is 0 Å². The second-order valence-electron chi connectivity index (χ2n) is 4.51. The third-order valence-electron chi connectivity index (χ3n) is 2.96. The van der Waals surface area contributed by atoms with Gasteiger partial charge in [-0.25, -0.2) is 4.39 Å². The second-order valence-corrected chi connectivity index (χ2v) is 5.42. The number of ether oxygens (including phenoxy) is 1. The van der Waals surface area contributed by atoms with E-state index < -0.39 is 5.82 Å². The second kappa shape index (κ2) is 7.22. The van der Waals surface area contributed by atoms with Crippen molar-refractivity contribution in [3.63, 3.8) is 0 Å². The van der Waals surface area contributed by atoms with Crippen molar-refractivity contribution in [2.24, 2.45) is 0 Å². The van der Waals surface area contributed by atoms with Crippen LogP contribution in [-0.2, 0) is 0 Å². The van der Waals surface area contributed by atoms with Gasteiger partial charge in [0, 0.05) is 11.5 Å². The monoisotopic (exact) mass is 351 g/mol. The van der Waals surface area contributed by atoms with Crippen molar-refractivity contribution in [1.29, 1.82) is 0 Å². The molecule has 0 aromatic heterocycles. The molecule has 5 heteroatoms. The molecular weight excluding hydrogens is 337 g/mol. The molecule has 0 aliphatic heterocycles. The lowest BCUT2D eigenvalue weighted by Crippen LogP contribution is -2.31. The molecule has 3 nitrogen and oxygen atoms in total. The zero-order chi connectivity index (χ0) is 15.2. The molecule has 0 fully saturated rings. The van der Waals surface area contributed by atoms with Crippen LogP contribution in [0.4, 0.5) is 4.39 Å². The smallest absolute Gasteiger partial charge is 0.256 e. The Hall–Kier alpha value is -1.88. The van der Waals surface area contributed by atoms with Crippen molar-refractivity contribution in [2.75, 3.05) is 20.2 Å². The molecule has 0 saturated carbocycles. The predicted octanol–water partition coefficient (Wildman–Crippen LogP) is 3.74. The van der Waals surface area contributed by atoms with E-state index in [4.69, 9.17) is 4.74 Å². The average Bonchev–Trinajstić information content (AvgIpc) is 2.49. The largest absolute Gasteiger partial charge is 0.492 e. The lowest BCUT2D eigenvalue weighted by molar-refractivity contribution is 0.0769. The number of carbonyl (C=O) groups is 1. The Morgan fingerprint density at radius 3 is 2.52 bits per heavy atom. The molecule has 2 aromatic rings. The standard InChI is InChI=1S/C16H15BrFNO2/c1-19(16(20)14-4-2-3-5-15(14)18)10-11-21-13-8-6-12(17)7-9-13/h2-9H,10-11H2,1H3. The first kappa shape index (κ1) is 15.5. The highest BCUT2D eigenvalue weighted by molar-refractivity contribution is 9.10. The maximum Gasteiger partial charge on any atom is 0.256 e. The summed E-state index contributed by atoms with van der Waals surface area (Å²) in [6.07, 6.45) is 0. The van der Waals surface area contributed by atoms with Crippen molar-refractivity contribution in [1.82, 2.24) is 4.90 Å². The number of amides is 1. The Labute approximate surface area is 131 Å². The number of benzene rings is 2. The lowest BCUT2D eigenvalue weighted by atomic mass is 10.2. The highest BCUT2D eigenvalue weighted by Gasteiger charge is 2.15. The third kappa shape index (κ3) is 4.29. The maximum absolute atomic E-state index is 13.5. The van der Waals surface area contributed by atoms with Crippen LogP contribution in [-0.4, -0.2) is 31.0 Å². The third-order valence-corrected chi connectivity index (χ3v) is 3.49. The van der Waals surface area contributed by atoms with Gasteiger partial charge in [-0.15, -0.1) is 0 Å². The minimum Gasteiger partial charge on any atom is -0.492 e. The molecule has 0 spiro atoms. The summed E-state index contributed by atoms with van der Waals surface area (Å²) in [6.45, 7) is 0.724. The average molecular weight is 352 g/mol. The number of hydrogen-bond acceptors (Lipinski definition) is 2. The molecular formula is C16H15BrFNO2. The zero-order valence-corrected chi connectivity index (χ0v) is 13.1. The van der Waals surface area contributed by atoms with Crippen molar-refractivity contribution in [2.45, 2.75) is 0 Å². The fourth-order valence-electron chi connectivity index (χ4n) is 1.77. The Balaban J connectivity index is 1.87. The lowest BCUT2D eigenvalue weighted by Gasteiger charge is -2.17. The van der Waals surface area contributed by atoms with Gasteiger partial charge in [0.15, 0.2) is 0 Å². The molecule has 2 aromatic carbocycles. The highest BCUT2D eigenvalue weighted by Crippen LogP contribution is 2.16. The van der Waals surface area contributed by atoms with Crippen LogP contribution in [0.25, 0.3) is 0 Å². The van der Waals surface area contributed by atoms with E-state index >= 15 is 0 Å². The van der Waals surface area contributed by atoms with Gasteiger partial charge in [-0.1, -0.05) is 28.1 Å². The first-order chi connectivity index (χ1) is 10.1. The van der Waals surface area contributed by atoms with E-state index in [0.29, 0.717) is 13.2 Å². The molecule has 0 atom stereocenters. The van der Waals surface area contributed by atoms with Crippen LogP contribution in [0, 0.1) is 5.82 Å². The van der Waals surface area contributed by atoms with Gasteiger partial charge in [-0.2, -0.15) is 0 Å². The zero-order valence-electron chi connectivity index (χ0n) is 11.6. The Morgan fingerprint density at radius 1 is 1.19 bits per heavy atom. The van der Waals surface area contributed by atoms with Gasteiger partial charge in [0.25, 0.3) is 5.91 Å². The summed E-state index contributed by atoms with van der Waals surface area (Å²) >= 11 is 3.34. The maximum atomic E-state index is 13.5. The molecule has 0 N–H and O–H groups in total. The van der Waals surface area contributed by atoms with Crippen molar-refractivity contribution < 1.29 is 13.9 Å². The van der Waals surface area contributed by atoms with E-state index in [9.17, 15) is 9.18 Å². The Morgan fingerprint density at radius 2 is 1.86 bits per heavy atom. The van der Waals surface area contributed by atoms with E-state index in [1.165, 1.54) is 17.0 Å².